The molecule has 5 nitrogen and oxygen atoms in total. The van der Waals surface area contributed by atoms with Crippen LogP contribution < -0.4 is 5.69 Å². The number of nitrogens with one attached hydrogen (secondary N) is 1. The second-order valence-electron chi connectivity index (χ2n) is 6.06. The highest BCUT2D eigenvalue weighted by molar-refractivity contribution is 6.34. The lowest BCUT2D eigenvalue weighted by atomic mass is 10.00. The molecule has 0 saturated carbocycles. The van der Waals surface area contributed by atoms with E-state index in [0.717, 1.165) is 41.5 Å². The molecule has 0 unspecified atom stereocenters. The number of halogens is 1. The number of unbranched alkanes of at least 4 members (excludes halogenated alkanes) is 2. The first-order valence-electron chi connectivity index (χ1n) is 8.51. The zero-order chi connectivity index (χ0) is 17.8. The normalized spacial score (nSPS) is 11.3. The SMILES string of the molecule is CCCCCn1c(=O)[nH]c2ncc(Cl)c(-c3ccccc3COC)c21. The van der Waals surface area contributed by atoms with Crippen LogP contribution in [-0.2, 0) is 17.9 Å². The van der Waals surface area contributed by atoms with Crippen molar-refractivity contribution in [1.82, 2.24) is 14.5 Å². The highest BCUT2D eigenvalue weighted by Gasteiger charge is 2.18. The van der Waals surface area contributed by atoms with Crippen molar-refractivity contribution in [3.8, 4) is 11.1 Å². The molecule has 132 valence electrons. The summed E-state index contributed by atoms with van der Waals surface area (Å²) < 4.78 is 7.07. The summed E-state index contributed by atoms with van der Waals surface area (Å²) in [5, 5.41) is 0.527. The summed E-state index contributed by atoms with van der Waals surface area (Å²) in [5.41, 5.74) is 3.99. The largest absolute Gasteiger partial charge is 0.380 e. The van der Waals surface area contributed by atoms with Gasteiger partial charge in [0.15, 0.2) is 5.65 Å². The summed E-state index contributed by atoms with van der Waals surface area (Å²) in [6, 6.07) is 7.94. The van der Waals surface area contributed by atoms with Crippen LogP contribution in [0.5, 0.6) is 0 Å². The van der Waals surface area contributed by atoms with E-state index in [-0.39, 0.29) is 5.69 Å². The van der Waals surface area contributed by atoms with Gasteiger partial charge in [-0.1, -0.05) is 55.6 Å². The van der Waals surface area contributed by atoms with Crippen molar-refractivity contribution < 1.29 is 4.74 Å². The number of fused-ring (bicyclic) bond motifs is 1. The van der Waals surface area contributed by atoms with E-state index in [1.54, 1.807) is 17.9 Å². The first-order valence-corrected chi connectivity index (χ1v) is 8.89. The molecule has 2 aromatic heterocycles. The topological polar surface area (TPSA) is 59.9 Å². The molecule has 25 heavy (non-hydrogen) atoms. The molecule has 0 radical (unpaired) electrons. The predicted octanol–water partition coefficient (Wildman–Crippen LogP) is 4.38. The number of aryl methyl sites for hydroxylation is 1. The van der Waals surface area contributed by atoms with Gasteiger partial charge in [-0.15, -0.1) is 0 Å². The summed E-state index contributed by atoms with van der Waals surface area (Å²) in [6.45, 7) is 3.26. The quantitative estimate of drug-likeness (QED) is 0.637. The molecule has 2 heterocycles. The van der Waals surface area contributed by atoms with Crippen molar-refractivity contribution >= 4 is 22.8 Å². The summed E-state index contributed by atoms with van der Waals surface area (Å²) in [6.07, 6.45) is 4.70. The maximum absolute atomic E-state index is 12.4. The number of imidazole rings is 1. The number of benzene rings is 1. The molecular formula is C19H22ClN3O2. The summed E-state index contributed by atoms with van der Waals surface area (Å²) in [5.74, 6) is 0. The standard InChI is InChI=1S/C19H22ClN3O2/c1-3-4-7-10-23-17-16(14-9-6-5-8-13(14)12-25-2)15(20)11-21-18(17)22-19(23)24/h5-6,8-9,11H,3-4,7,10,12H2,1-2H3,(H,21,22,24). The summed E-state index contributed by atoms with van der Waals surface area (Å²) in [7, 11) is 1.66. The van der Waals surface area contributed by atoms with Crippen LogP contribution in [0.25, 0.3) is 22.3 Å². The van der Waals surface area contributed by atoms with E-state index < -0.39 is 0 Å². The average Bonchev–Trinajstić information content (AvgIpc) is 2.92. The molecular weight excluding hydrogens is 338 g/mol. The molecule has 0 spiro atoms. The van der Waals surface area contributed by atoms with Gasteiger partial charge in [-0.05, 0) is 17.5 Å². The minimum atomic E-state index is -0.147. The van der Waals surface area contributed by atoms with Gasteiger partial charge in [0, 0.05) is 25.4 Å². The lowest BCUT2D eigenvalue weighted by Crippen LogP contribution is -2.17. The number of nitrogens with zero attached hydrogens (tertiary/aromatic N) is 2. The lowest BCUT2D eigenvalue weighted by Gasteiger charge is -2.13. The maximum atomic E-state index is 12.4. The van der Waals surface area contributed by atoms with Gasteiger partial charge in [-0.2, -0.15) is 0 Å². The Morgan fingerprint density at radius 3 is 2.84 bits per heavy atom. The zero-order valence-corrected chi connectivity index (χ0v) is 15.3. The second kappa shape index (κ2) is 7.85. The highest BCUT2D eigenvalue weighted by atomic mass is 35.5. The van der Waals surface area contributed by atoms with Gasteiger partial charge < -0.3 is 4.74 Å². The van der Waals surface area contributed by atoms with Crippen molar-refractivity contribution in [1.29, 1.82) is 0 Å². The van der Waals surface area contributed by atoms with E-state index in [1.165, 1.54) is 0 Å². The van der Waals surface area contributed by atoms with Crippen molar-refractivity contribution in [2.75, 3.05) is 7.11 Å². The molecule has 0 atom stereocenters. The monoisotopic (exact) mass is 359 g/mol. The van der Waals surface area contributed by atoms with Crippen molar-refractivity contribution in [2.45, 2.75) is 39.3 Å². The Morgan fingerprint density at radius 2 is 2.08 bits per heavy atom. The first-order chi connectivity index (χ1) is 12.2. The summed E-state index contributed by atoms with van der Waals surface area (Å²) >= 11 is 6.52. The van der Waals surface area contributed by atoms with Crippen LogP contribution in [-0.4, -0.2) is 21.6 Å². The first kappa shape index (κ1) is 17.7. The number of rotatable bonds is 7. The molecule has 6 heteroatoms. The molecule has 1 N–H and O–H groups in total. The van der Waals surface area contributed by atoms with Crippen LogP contribution in [0.4, 0.5) is 0 Å². The van der Waals surface area contributed by atoms with Crippen LogP contribution in [0.3, 0.4) is 0 Å². The Morgan fingerprint density at radius 1 is 1.28 bits per heavy atom. The van der Waals surface area contributed by atoms with Crippen LogP contribution >= 0.6 is 11.6 Å². The minimum Gasteiger partial charge on any atom is -0.380 e. The number of aromatic nitrogens is 3. The Balaban J connectivity index is 2.24. The van der Waals surface area contributed by atoms with Gasteiger partial charge in [-0.25, -0.2) is 9.78 Å². The van der Waals surface area contributed by atoms with E-state index in [0.29, 0.717) is 23.8 Å². The molecule has 0 bridgehead atoms. The van der Waals surface area contributed by atoms with Crippen LogP contribution in [0.1, 0.15) is 31.7 Å². The fourth-order valence-corrected chi connectivity index (χ4v) is 3.38. The van der Waals surface area contributed by atoms with E-state index in [1.807, 2.05) is 24.3 Å². The molecule has 0 saturated heterocycles. The highest BCUT2D eigenvalue weighted by Crippen LogP contribution is 2.35. The average molecular weight is 360 g/mol. The number of methoxy groups -OCH3 is 1. The lowest BCUT2D eigenvalue weighted by molar-refractivity contribution is 0.185. The van der Waals surface area contributed by atoms with Crippen molar-refractivity contribution in [3.05, 3.63) is 51.5 Å². The van der Waals surface area contributed by atoms with E-state index in [4.69, 9.17) is 16.3 Å². The van der Waals surface area contributed by atoms with Crippen LogP contribution in [0, 0.1) is 0 Å². The molecule has 0 fully saturated rings. The Kier molecular flexibility index (Phi) is 5.56. The van der Waals surface area contributed by atoms with Crippen molar-refractivity contribution in [2.24, 2.45) is 0 Å². The van der Waals surface area contributed by atoms with Gasteiger partial charge in [0.25, 0.3) is 0 Å². The number of aromatic amines is 1. The number of H-pyrrole nitrogens is 1. The number of hydrogen-bond donors (Lipinski definition) is 1. The van der Waals surface area contributed by atoms with E-state index in [9.17, 15) is 4.79 Å². The Bertz CT molecular complexity index is 930. The fourth-order valence-electron chi connectivity index (χ4n) is 3.14. The molecule has 1 aromatic carbocycles. The fraction of sp³-hybridized carbons (Fsp3) is 0.368. The Labute approximate surface area is 151 Å². The third-order valence-electron chi connectivity index (χ3n) is 4.32. The maximum Gasteiger partial charge on any atom is 0.327 e. The van der Waals surface area contributed by atoms with Gasteiger partial charge in [-0.3, -0.25) is 9.55 Å². The molecule has 0 aliphatic rings. The number of hydrogen-bond acceptors (Lipinski definition) is 3. The minimum absolute atomic E-state index is 0.147. The number of ether oxygens (including phenoxy) is 1. The summed E-state index contributed by atoms with van der Waals surface area (Å²) in [4.78, 5) is 19.6. The molecule has 0 amide bonds. The van der Waals surface area contributed by atoms with E-state index >= 15 is 0 Å². The molecule has 3 rings (SSSR count). The van der Waals surface area contributed by atoms with E-state index in [2.05, 4.69) is 16.9 Å². The molecule has 0 aliphatic carbocycles. The third-order valence-corrected chi connectivity index (χ3v) is 4.61. The zero-order valence-electron chi connectivity index (χ0n) is 14.5. The second-order valence-corrected chi connectivity index (χ2v) is 6.46. The predicted molar refractivity (Wildman–Crippen MR) is 101 cm³/mol. The van der Waals surface area contributed by atoms with Gasteiger partial charge in [0.05, 0.1) is 17.1 Å². The van der Waals surface area contributed by atoms with Gasteiger partial charge in [0.2, 0.25) is 0 Å². The third kappa shape index (κ3) is 3.48. The molecule has 3 aromatic rings. The van der Waals surface area contributed by atoms with Gasteiger partial charge in [0.1, 0.15) is 0 Å². The molecule has 0 aliphatic heterocycles. The van der Waals surface area contributed by atoms with Gasteiger partial charge >= 0.3 is 5.69 Å². The van der Waals surface area contributed by atoms with Crippen LogP contribution in [0.2, 0.25) is 5.02 Å². The smallest absolute Gasteiger partial charge is 0.327 e. The Hall–Kier alpha value is -2.11. The van der Waals surface area contributed by atoms with Crippen molar-refractivity contribution in [3.63, 3.8) is 0 Å². The van der Waals surface area contributed by atoms with Crippen LogP contribution in [0.15, 0.2) is 35.3 Å². The number of pyridine rings is 1.